The van der Waals surface area contributed by atoms with Crippen LogP contribution in [-0.4, -0.2) is 61.5 Å². The zero-order valence-corrected chi connectivity index (χ0v) is 18.1. The molecule has 0 saturated carbocycles. The van der Waals surface area contributed by atoms with Crippen LogP contribution in [-0.2, 0) is 7.05 Å². The SMILES string of the molecule is CC.Cc1c(O)c(-c2ccc3nc(N4CCN(C)C4)cnc3n2)cc2cn(C)nc12. The van der Waals surface area contributed by atoms with Gasteiger partial charge in [0.15, 0.2) is 5.65 Å². The molecule has 8 heteroatoms. The minimum Gasteiger partial charge on any atom is -0.507 e. The lowest BCUT2D eigenvalue weighted by molar-refractivity contribution is 0.420. The molecule has 1 aliphatic heterocycles. The third-order valence-electron chi connectivity index (χ3n) is 5.28. The smallest absolute Gasteiger partial charge is 0.178 e. The molecule has 0 radical (unpaired) electrons. The number of aromatic nitrogens is 5. The number of aryl methyl sites for hydroxylation is 2. The van der Waals surface area contributed by atoms with Crippen LogP contribution in [0.1, 0.15) is 19.4 Å². The van der Waals surface area contributed by atoms with Gasteiger partial charge in [-0.25, -0.2) is 15.0 Å². The van der Waals surface area contributed by atoms with E-state index in [4.69, 9.17) is 4.98 Å². The predicted octanol–water partition coefficient (Wildman–Crippen LogP) is 3.33. The van der Waals surface area contributed by atoms with Gasteiger partial charge < -0.3 is 10.0 Å². The predicted molar refractivity (Wildman–Crippen MR) is 120 cm³/mol. The summed E-state index contributed by atoms with van der Waals surface area (Å²) in [5.74, 6) is 1.06. The maximum Gasteiger partial charge on any atom is 0.178 e. The largest absolute Gasteiger partial charge is 0.507 e. The molecule has 3 aromatic heterocycles. The van der Waals surface area contributed by atoms with Crippen LogP contribution in [0.25, 0.3) is 33.3 Å². The number of hydrogen-bond acceptors (Lipinski definition) is 7. The van der Waals surface area contributed by atoms with E-state index in [1.807, 2.05) is 52.2 Å². The lowest BCUT2D eigenvalue weighted by Crippen LogP contribution is -2.23. The van der Waals surface area contributed by atoms with E-state index in [9.17, 15) is 5.11 Å². The van der Waals surface area contributed by atoms with E-state index in [1.165, 1.54) is 0 Å². The first-order valence-electron chi connectivity index (χ1n) is 10.2. The van der Waals surface area contributed by atoms with Crippen molar-refractivity contribution >= 4 is 27.9 Å². The molecule has 1 N–H and O–H groups in total. The molecule has 4 heterocycles. The van der Waals surface area contributed by atoms with Gasteiger partial charge in [0, 0.05) is 42.8 Å². The number of hydrogen-bond donors (Lipinski definition) is 1. The zero-order chi connectivity index (χ0) is 21.4. The second-order valence-electron chi connectivity index (χ2n) is 7.39. The van der Waals surface area contributed by atoms with E-state index >= 15 is 0 Å². The van der Waals surface area contributed by atoms with Gasteiger partial charge >= 0.3 is 0 Å². The van der Waals surface area contributed by atoms with Gasteiger partial charge in [-0.2, -0.15) is 5.10 Å². The Morgan fingerprint density at radius 3 is 2.60 bits per heavy atom. The highest BCUT2D eigenvalue weighted by Crippen LogP contribution is 2.36. The fourth-order valence-corrected chi connectivity index (χ4v) is 3.75. The van der Waals surface area contributed by atoms with Gasteiger partial charge in [-0.3, -0.25) is 9.58 Å². The molecule has 1 fully saturated rings. The first-order valence-corrected chi connectivity index (χ1v) is 10.2. The molecule has 1 saturated heterocycles. The molecule has 0 amide bonds. The van der Waals surface area contributed by atoms with E-state index in [0.29, 0.717) is 16.9 Å². The molecule has 1 aliphatic rings. The van der Waals surface area contributed by atoms with Crippen molar-refractivity contribution in [1.29, 1.82) is 0 Å². The first-order chi connectivity index (χ1) is 14.5. The van der Waals surface area contributed by atoms with Crippen molar-refractivity contribution in [3.8, 4) is 17.0 Å². The number of anilines is 1. The summed E-state index contributed by atoms with van der Waals surface area (Å²) in [4.78, 5) is 18.3. The molecule has 1 aromatic carbocycles. The third-order valence-corrected chi connectivity index (χ3v) is 5.28. The lowest BCUT2D eigenvalue weighted by atomic mass is 10.0. The maximum absolute atomic E-state index is 10.7. The Kier molecular flexibility index (Phi) is 5.26. The van der Waals surface area contributed by atoms with Gasteiger partial charge in [-0.1, -0.05) is 13.8 Å². The Balaban J connectivity index is 0.00000106. The van der Waals surface area contributed by atoms with Gasteiger partial charge in [0.2, 0.25) is 0 Å². The van der Waals surface area contributed by atoms with Crippen molar-refractivity contribution in [2.75, 3.05) is 31.7 Å². The first kappa shape index (κ1) is 20.0. The van der Waals surface area contributed by atoms with Crippen molar-refractivity contribution in [3.63, 3.8) is 0 Å². The molecular formula is C22H27N7O. The molecule has 4 aromatic rings. The number of benzene rings is 1. The minimum atomic E-state index is 0.197. The van der Waals surface area contributed by atoms with Gasteiger partial charge in [0.1, 0.15) is 17.1 Å². The summed E-state index contributed by atoms with van der Waals surface area (Å²) in [6.45, 7) is 8.69. The summed E-state index contributed by atoms with van der Waals surface area (Å²) in [6.07, 6.45) is 3.71. The molecule has 5 rings (SSSR count). The lowest BCUT2D eigenvalue weighted by Gasteiger charge is -2.16. The quantitative estimate of drug-likeness (QED) is 0.548. The van der Waals surface area contributed by atoms with Gasteiger partial charge in [0.25, 0.3) is 0 Å². The van der Waals surface area contributed by atoms with Crippen LogP contribution < -0.4 is 4.90 Å². The fraction of sp³-hybridized carbons (Fsp3) is 0.364. The molecular weight excluding hydrogens is 378 g/mol. The monoisotopic (exact) mass is 405 g/mol. The molecule has 0 spiro atoms. The number of nitrogens with zero attached hydrogens (tertiary/aromatic N) is 7. The topological polar surface area (TPSA) is 83.2 Å². The number of aromatic hydroxyl groups is 1. The Bertz CT molecular complexity index is 1220. The van der Waals surface area contributed by atoms with Gasteiger partial charge in [0.05, 0.1) is 24.1 Å². The van der Waals surface area contributed by atoms with Crippen LogP contribution in [0.2, 0.25) is 0 Å². The van der Waals surface area contributed by atoms with Crippen LogP contribution in [0.4, 0.5) is 5.82 Å². The highest BCUT2D eigenvalue weighted by molar-refractivity contribution is 5.91. The summed E-state index contributed by atoms with van der Waals surface area (Å²) in [7, 11) is 3.96. The van der Waals surface area contributed by atoms with Crippen molar-refractivity contribution < 1.29 is 5.11 Å². The Morgan fingerprint density at radius 1 is 1.07 bits per heavy atom. The molecule has 8 nitrogen and oxygen atoms in total. The standard InChI is InChI=1S/C20H21N7O.C2H6/c1-12-18-13(10-26(3)24-18)8-14(19(12)28)15-4-5-16-20(23-15)21-9-17(22-16)27-7-6-25(2)11-27;1-2/h4-5,8-10,28H,6-7,11H2,1-3H3;1-2H3. The second kappa shape index (κ2) is 7.87. The molecule has 156 valence electrons. The van der Waals surface area contributed by atoms with Crippen molar-refractivity contribution in [3.05, 3.63) is 36.2 Å². The normalized spacial score (nSPS) is 14.4. The average Bonchev–Trinajstić information content (AvgIpc) is 3.36. The number of likely N-dealkylation sites (N-methyl/N-ethyl adjacent to an activating group) is 1. The van der Waals surface area contributed by atoms with Crippen LogP contribution >= 0.6 is 0 Å². The van der Waals surface area contributed by atoms with Crippen LogP contribution in [0.5, 0.6) is 5.75 Å². The molecule has 0 atom stereocenters. The third kappa shape index (κ3) is 3.43. The minimum absolute atomic E-state index is 0.197. The van der Waals surface area contributed by atoms with E-state index in [0.717, 1.165) is 47.6 Å². The number of fused-ring (bicyclic) bond motifs is 2. The van der Waals surface area contributed by atoms with E-state index in [-0.39, 0.29) is 5.75 Å². The summed E-state index contributed by atoms with van der Waals surface area (Å²) >= 11 is 0. The Hall–Kier alpha value is -3.26. The highest BCUT2D eigenvalue weighted by Gasteiger charge is 2.19. The van der Waals surface area contributed by atoms with E-state index < -0.39 is 0 Å². The van der Waals surface area contributed by atoms with Crippen molar-refractivity contribution in [1.82, 2.24) is 29.6 Å². The molecule has 0 aliphatic carbocycles. The molecule has 0 unspecified atom stereocenters. The molecule has 0 bridgehead atoms. The van der Waals surface area contributed by atoms with Crippen molar-refractivity contribution in [2.45, 2.75) is 20.8 Å². The zero-order valence-electron chi connectivity index (χ0n) is 18.1. The summed E-state index contributed by atoms with van der Waals surface area (Å²) in [5.41, 5.74) is 4.19. The number of rotatable bonds is 2. The summed E-state index contributed by atoms with van der Waals surface area (Å²) in [6, 6.07) is 5.71. The van der Waals surface area contributed by atoms with Crippen LogP contribution in [0, 0.1) is 6.92 Å². The van der Waals surface area contributed by atoms with Crippen LogP contribution in [0.3, 0.4) is 0 Å². The van der Waals surface area contributed by atoms with Gasteiger partial charge in [-0.15, -0.1) is 0 Å². The fourth-order valence-electron chi connectivity index (χ4n) is 3.75. The average molecular weight is 406 g/mol. The van der Waals surface area contributed by atoms with Gasteiger partial charge in [-0.05, 0) is 32.2 Å². The van der Waals surface area contributed by atoms with E-state index in [1.54, 1.807) is 10.9 Å². The van der Waals surface area contributed by atoms with E-state index in [2.05, 4.69) is 31.9 Å². The Morgan fingerprint density at radius 2 is 1.87 bits per heavy atom. The second-order valence-corrected chi connectivity index (χ2v) is 7.39. The molecule has 30 heavy (non-hydrogen) atoms. The number of phenolic OH excluding ortho intramolecular Hbond substituents is 1. The van der Waals surface area contributed by atoms with Crippen molar-refractivity contribution in [2.24, 2.45) is 7.05 Å². The summed E-state index contributed by atoms with van der Waals surface area (Å²) < 4.78 is 1.75. The maximum atomic E-state index is 10.7. The number of phenols is 1. The number of pyridine rings is 1. The summed E-state index contributed by atoms with van der Waals surface area (Å²) in [5, 5.41) is 16.1. The Labute approximate surface area is 175 Å². The highest BCUT2D eigenvalue weighted by atomic mass is 16.3. The van der Waals surface area contributed by atoms with Crippen LogP contribution in [0.15, 0.2) is 30.6 Å².